The number of hydrogen-bond acceptors (Lipinski definition) is 4. The Labute approximate surface area is 149 Å². The van der Waals surface area contributed by atoms with Gasteiger partial charge in [0.15, 0.2) is 0 Å². The first-order chi connectivity index (χ1) is 12.4. The fourth-order valence-electron chi connectivity index (χ4n) is 2.39. The van der Waals surface area contributed by atoms with Crippen LogP contribution in [0.5, 0.6) is 0 Å². The average molecular weight is 358 g/mol. The molecular weight excluding hydrogens is 341 g/mol. The Morgan fingerprint density at radius 1 is 0.962 bits per heavy atom. The van der Waals surface area contributed by atoms with E-state index in [0.29, 0.717) is 24.0 Å². The first-order valence-electron chi connectivity index (χ1n) is 7.97. The summed E-state index contributed by atoms with van der Waals surface area (Å²) in [4.78, 5) is 8.49. The van der Waals surface area contributed by atoms with Gasteiger partial charge in [0.2, 0.25) is 5.95 Å². The van der Waals surface area contributed by atoms with Gasteiger partial charge >= 0.3 is 6.18 Å². The summed E-state index contributed by atoms with van der Waals surface area (Å²) in [6.45, 7) is 2.61. The number of halogens is 3. The minimum absolute atomic E-state index is 0.435. The van der Waals surface area contributed by atoms with E-state index in [1.165, 1.54) is 17.7 Å². The van der Waals surface area contributed by atoms with Gasteiger partial charge in [-0.3, -0.25) is 0 Å². The normalized spacial score (nSPS) is 11.2. The molecule has 0 atom stereocenters. The van der Waals surface area contributed by atoms with Crippen LogP contribution in [0.15, 0.2) is 60.8 Å². The van der Waals surface area contributed by atoms with Crippen molar-refractivity contribution in [1.29, 1.82) is 0 Å². The largest absolute Gasteiger partial charge is 0.416 e. The number of nitrogens with one attached hydrogen (secondary N) is 2. The second-order valence-electron chi connectivity index (χ2n) is 5.75. The summed E-state index contributed by atoms with van der Waals surface area (Å²) in [5, 5.41) is 6.12. The molecule has 0 amide bonds. The Kier molecular flexibility index (Phi) is 5.06. The van der Waals surface area contributed by atoms with Crippen LogP contribution in [0.3, 0.4) is 0 Å². The van der Waals surface area contributed by atoms with Gasteiger partial charge in [-0.15, -0.1) is 0 Å². The van der Waals surface area contributed by atoms with Crippen LogP contribution in [-0.2, 0) is 12.7 Å². The van der Waals surface area contributed by atoms with E-state index in [1.807, 2.05) is 31.2 Å². The minimum Gasteiger partial charge on any atom is -0.350 e. The van der Waals surface area contributed by atoms with Gasteiger partial charge in [0.25, 0.3) is 0 Å². The molecule has 4 nitrogen and oxygen atoms in total. The number of aromatic nitrogens is 2. The van der Waals surface area contributed by atoms with E-state index < -0.39 is 11.7 Å². The summed E-state index contributed by atoms with van der Waals surface area (Å²) in [6, 6.07) is 14.4. The van der Waals surface area contributed by atoms with Gasteiger partial charge in [0, 0.05) is 18.4 Å². The highest BCUT2D eigenvalue weighted by Gasteiger charge is 2.29. The van der Waals surface area contributed by atoms with Crippen molar-refractivity contribution in [2.24, 2.45) is 0 Å². The lowest BCUT2D eigenvalue weighted by Gasteiger charge is -2.11. The number of alkyl halides is 3. The van der Waals surface area contributed by atoms with Gasteiger partial charge in [0.05, 0.1) is 5.56 Å². The number of hydrogen-bond donors (Lipinski definition) is 2. The molecule has 0 saturated heterocycles. The SMILES string of the molecule is Cc1ccccc1CNc1nccc(Nc2ccc(C(F)(F)F)cc2)n1. The number of nitrogens with zero attached hydrogens (tertiary/aromatic N) is 2. The van der Waals surface area contributed by atoms with Crippen LogP contribution in [0.25, 0.3) is 0 Å². The molecule has 3 rings (SSSR count). The minimum atomic E-state index is -4.35. The molecule has 0 aliphatic rings. The van der Waals surface area contributed by atoms with Crippen LogP contribution in [0.2, 0.25) is 0 Å². The Morgan fingerprint density at radius 3 is 2.38 bits per heavy atom. The van der Waals surface area contributed by atoms with E-state index in [1.54, 1.807) is 12.3 Å². The van der Waals surface area contributed by atoms with Crippen molar-refractivity contribution < 1.29 is 13.2 Å². The lowest BCUT2D eigenvalue weighted by molar-refractivity contribution is -0.137. The van der Waals surface area contributed by atoms with Crippen LogP contribution in [0, 0.1) is 6.92 Å². The molecule has 7 heteroatoms. The predicted octanol–water partition coefficient (Wildman–Crippen LogP) is 5.16. The maximum atomic E-state index is 12.6. The number of rotatable bonds is 5. The fourth-order valence-corrected chi connectivity index (χ4v) is 2.39. The summed E-state index contributed by atoms with van der Waals surface area (Å²) in [5.74, 6) is 0.928. The highest BCUT2D eigenvalue weighted by Crippen LogP contribution is 2.30. The van der Waals surface area contributed by atoms with Crippen molar-refractivity contribution in [3.8, 4) is 0 Å². The molecule has 2 aromatic carbocycles. The Morgan fingerprint density at radius 2 is 1.69 bits per heavy atom. The van der Waals surface area contributed by atoms with E-state index in [-0.39, 0.29) is 0 Å². The molecule has 0 radical (unpaired) electrons. The Balaban J connectivity index is 1.66. The summed E-state index contributed by atoms with van der Waals surface area (Å²) < 4.78 is 37.8. The van der Waals surface area contributed by atoms with E-state index >= 15 is 0 Å². The lowest BCUT2D eigenvalue weighted by atomic mass is 10.1. The van der Waals surface area contributed by atoms with Crippen molar-refractivity contribution in [2.45, 2.75) is 19.6 Å². The first kappa shape index (κ1) is 17.7. The van der Waals surface area contributed by atoms with Gasteiger partial charge in [-0.2, -0.15) is 18.2 Å². The topological polar surface area (TPSA) is 49.8 Å². The number of anilines is 3. The van der Waals surface area contributed by atoms with Gasteiger partial charge in [0.1, 0.15) is 5.82 Å². The van der Waals surface area contributed by atoms with Crippen molar-refractivity contribution in [1.82, 2.24) is 9.97 Å². The highest BCUT2D eigenvalue weighted by atomic mass is 19.4. The highest BCUT2D eigenvalue weighted by molar-refractivity contribution is 5.57. The van der Waals surface area contributed by atoms with Crippen LogP contribution < -0.4 is 10.6 Å². The summed E-state index contributed by atoms with van der Waals surface area (Å²) in [6.07, 6.45) is -2.76. The van der Waals surface area contributed by atoms with Crippen molar-refractivity contribution in [3.63, 3.8) is 0 Å². The molecule has 2 N–H and O–H groups in total. The van der Waals surface area contributed by atoms with Crippen molar-refractivity contribution >= 4 is 17.5 Å². The third kappa shape index (κ3) is 4.50. The Hall–Kier alpha value is -3.09. The molecule has 0 unspecified atom stereocenters. The zero-order chi connectivity index (χ0) is 18.6. The van der Waals surface area contributed by atoms with E-state index in [2.05, 4.69) is 20.6 Å². The second kappa shape index (κ2) is 7.43. The quantitative estimate of drug-likeness (QED) is 0.661. The molecule has 1 aromatic heterocycles. The van der Waals surface area contributed by atoms with Crippen molar-refractivity contribution in [3.05, 3.63) is 77.5 Å². The molecule has 0 saturated carbocycles. The van der Waals surface area contributed by atoms with E-state index in [4.69, 9.17) is 0 Å². The maximum Gasteiger partial charge on any atom is 0.416 e. The first-order valence-corrected chi connectivity index (χ1v) is 7.97. The molecule has 0 spiro atoms. The zero-order valence-electron chi connectivity index (χ0n) is 14.0. The van der Waals surface area contributed by atoms with Crippen LogP contribution in [0.1, 0.15) is 16.7 Å². The van der Waals surface area contributed by atoms with Crippen LogP contribution in [0.4, 0.5) is 30.6 Å². The zero-order valence-corrected chi connectivity index (χ0v) is 14.0. The molecule has 0 aliphatic heterocycles. The molecule has 3 aromatic rings. The molecule has 1 heterocycles. The fraction of sp³-hybridized carbons (Fsp3) is 0.158. The summed E-state index contributed by atoms with van der Waals surface area (Å²) >= 11 is 0. The molecule has 26 heavy (non-hydrogen) atoms. The number of aryl methyl sites for hydroxylation is 1. The van der Waals surface area contributed by atoms with E-state index in [0.717, 1.165) is 17.7 Å². The van der Waals surface area contributed by atoms with Crippen molar-refractivity contribution in [2.75, 3.05) is 10.6 Å². The predicted molar refractivity (Wildman–Crippen MR) is 95.3 cm³/mol. The monoisotopic (exact) mass is 358 g/mol. The van der Waals surface area contributed by atoms with Gasteiger partial charge in [-0.1, -0.05) is 24.3 Å². The van der Waals surface area contributed by atoms with Gasteiger partial charge in [-0.25, -0.2) is 4.98 Å². The smallest absolute Gasteiger partial charge is 0.350 e. The van der Waals surface area contributed by atoms with Gasteiger partial charge < -0.3 is 10.6 Å². The lowest BCUT2D eigenvalue weighted by Crippen LogP contribution is -2.06. The third-order valence-corrected chi connectivity index (χ3v) is 3.84. The molecule has 0 aliphatic carbocycles. The Bertz CT molecular complexity index is 876. The maximum absolute atomic E-state index is 12.6. The number of benzene rings is 2. The average Bonchev–Trinajstić information content (AvgIpc) is 2.61. The van der Waals surface area contributed by atoms with E-state index in [9.17, 15) is 13.2 Å². The molecule has 134 valence electrons. The summed E-state index contributed by atoms with van der Waals surface area (Å²) in [7, 11) is 0. The second-order valence-corrected chi connectivity index (χ2v) is 5.75. The summed E-state index contributed by atoms with van der Waals surface area (Å²) in [5.41, 5.74) is 2.13. The van der Waals surface area contributed by atoms with Crippen LogP contribution in [-0.4, -0.2) is 9.97 Å². The van der Waals surface area contributed by atoms with Crippen LogP contribution >= 0.6 is 0 Å². The molecular formula is C19H17F3N4. The molecule has 0 fully saturated rings. The molecule has 0 bridgehead atoms. The third-order valence-electron chi connectivity index (χ3n) is 3.84. The standard InChI is InChI=1S/C19H17F3N4/c1-13-4-2-3-5-14(13)12-24-18-23-11-10-17(26-18)25-16-8-6-15(7-9-16)19(20,21)22/h2-11H,12H2,1H3,(H2,23,24,25,26). The van der Waals surface area contributed by atoms with Gasteiger partial charge in [-0.05, 0) is 48.4 Å².